The maximum atomic E-state index is 13.1. The van der Waals surface area contributed by atoms with E-state index >= 15 is 0 Å². The Hall–Kier alpha value is -3.20. The van der Waals surface area contributed by atoms with Gasteiger partial charge in [-0.05, 0) is 43.0 Å². The molecule has 1 aliphatic rings. The summed E-state index contributed by atoms with van der Waals surface area (Å²) in [5.41, 5.74) is 3.04. The number of aryl methyl sites for hydroxylation is 2. The fourth-order valence-electron chi connectivity index (χ4n) is 3.57. The number of nitrogens with zero attached hydrogens (tertiary/aromatic N) is 2. The number of rotatable bonds is 6. The number of amides is 2. The molecule has 2 amide bonds. The third kappa shape index (κ3) is 4.83. The molecular formula is C23H28N4O4S. The lowest BCUT2D eigenvalue weighted by molar-refractivity contribution is -0.135. The van der Waals surface area contributed by atoms with Gasteiger partial charge in [0.1, 0.15) is 11.9 Å². The minimum Gasteiger partial charge on any atom is -0.335 e. The van der Waals surface area contributed by atoms with Gasteiger partial charge in [-0.25, -0.2) is 8.42 Å². The lowest BCUT2D eigenvalue weighted by atomic mass is 10.0. The first kappa shape index (κ1) is 23.5. The van der Waals surface area contributed by atoms with Crippen LogP contribution in [-0.2, 0) is 19.6 Å². The quantitative estimate of drug-likeness (QED) is 0.696. The molecule has 1 atom stereocenters. The topological polar surface area (TPSA) is 108 Å². The van der Waals surface area contributed by atoms with Gasteiger partial charge in [0.2, 0.25) is 11.8 Å². The van der Waals surface area contributed by atoms with Crippen molar-refractivity contribution in [2.75, 3.05) is 18.9 Å². The number of likely N-dealkylation sites (N-methyl/N-ethyl adjacent to an activating group) is 1. The van der Waals surface area contributed by atoms with Crippen molar-refractivity contribution in [3.63, 3.8) is 0 Å². The molecule has 32 heavy (non-hydrogen) atoms. The van der Waals surface area contributed by atoms with Gasteiger partial charge in [0.05, 0.1) is 11.4 Å². The smallest absolute Gasteiger partial charge is 0.263 e. The van der Waals surface area contributed by atoms with Gasteiger partial charge in [-0.15, -0.1) is 0 Å². The number of carbonyl (C=O) groups is 2. The minimum absolute atomic E-state index is 0.134. The first-order chi connectivity index (χ1) is 15.0. The van der Waals surface area contributed by atoms with Crippen LogP contribution in [0.1, 0.15) is 30.5 Å². The molecule has 0 aromatic heterocycles. The molecule has 2 aromatic carbocycles. The largest absolute Gasteiger partial charge is 0.335 e. The normalized spacial score (nSPS) is 16.4. The van der Waals surface area contributed by atoms with Gasteiger partial charge < -0.3 is 10.2 Å². The lowest BCUT2D eigenvalue weighted by Gasteiger charge is -2.24. The number of para-hydroxylation sites is 1. The number of hydrogen-bond acceptors (Lipinski definition) is 5. The molecule has 0 aliphatic carbocycles. The highest BCUT2D eigenvalue weighted by Crippen LogP contribution is 2.24. The predicted octanol–water partition coefficient (Wildman–Crippen LogP) is 2.46. The van der Waals surface area contributed by atoms with Crippen LogP contribution in [0.5, 0.6) is 0 Å². The van der Waals surface area contributed by atoms with E-state index in [1.165, 1.54) is 18.0 Å². The van der Waals surface area contributed by atoms with Gasteiger partial charge in [0.25, 0.3) is 10.0 Å². The maximum absolute atomic E-state index is 13.1. The molecule has 0 unspecified atom stereocenters. The number of nitrogens with one attached hydrogen (secondary N) is 2. The highest BCUT2D eigenvalue weighted by Gasteiger charge is 2.33. The molecule has 0 saturated carbocycles. The third-order valence-corrected chi connectivity index (χ3v) is 6.72. The molecule has 0 radical (unpaired) electrons. The maximum Gasteiger partial charge on any atom is 0.263 e. The van der Waals surface area contributed by atoms with E-state index in [2.05, 4.69) is 15.0 Å². The van der Waals surface area contributed by atoms with Crippen molar-refractivity contribution in [2.45, 2.75) is 38.6 Å². The highest BCUT2D eigenvalue weighted by atomic mass is 32.2. The predicted molar refractivity (Wildman–Crippen MR) is 124 cm³/mol. The monoisotopic (exact) mass is 456 g/mol. The average Bonchev–Trinajstić information content (AvgIpc) is 2.98. The Kier molecular flexibility index (Phi) is 6.68. The van der Waals surface area contributed by atoms with Gasteiger partial charge in [0, 0.05) is 18.3 Å². The molecule has 2 N–H and O–H groups in total. The zero-order valence-electron chi connectivity index (χ0n) is 18.8. The Morgan fingerprint density at radius 3 is 2.31 bits per heavy atom. The van der Waals surface area contributed by atoms with E-state index in [-0.39, 0.29) is 35.0 Å². The Bertz CT molecular complexity index is 1170. The van der Waals surface area contributed by atoms with Crippen LogP contribution in [0.2, 0.25) is 0 Å². The van der Waals surface area contributed by atoms with E-state index in [9.17, 15) is 18.0 Å². The molecule has 0 spiro atoms. The molecule has 8 nitrogen and oxygen atoms in total. The number of hydrogen-bond donors (Lipinski definition) is 2. The highest BCUT2D eigenvalue weighted by molar-refractivity contribution is 7.90. The van der Waals surface area contributed by atoms with Gasteiger partial charge >= 0.3 is 0 Å². The molecule has 0 fully saturated rings. The number of amidine groups is 1. The zero-order chi connectivity index (χ0) is 23.6. The molecule has 2 aromatic rings. The van der Waals surface area contributed by atoms with Crippen molar-refractivity contribution in [2.24, 2.45) is 10.9 Å². The van der Waals surface area contributed by atoms with Crippen LogP contribution >= 0.6 is 0 Å². The number of sulfonamides is 1. The van der Waals surface area contributed by atoms with Crippen molar-refractivity contribution in [3.8, 4) is 0 Å². The van der Waals surface area contributed by atoms with E-state index in [1.54, 1.807) is 18.2 Å². The summed E-state index contributed by atoms with van der Waals surface area (Å²) in [6.45, 7) is 7.31. The second-order valence-electron chi connectivity index (χ2n) is 8.28. The third-order valence-electron chi connectivity index (χ3n) is 5.32. The fraction of sp³-hybridized carbons (Fsp3) is 0.348. The van der Waals surface area contributed by atoms with Crippen LogP contribution in [0, 0.1) is 19.8 Å². The summed E-state index contributed by atoms with van der Waals surface area (Å²) in [7, 11) is -2.17. The number of benzene rings is 2. The van der Waals surface area contributed by atoms with Crippen molar-refractivity contribution >= 4 is 33.4 Å². The van der Waals surface area contributed by atoms with Gasteiger partial charge in [-0.2, -0.15) is 0 Å². The van der Waals surface area contributed by atoms with Crippen molar-refractivity contribution in [1.29, 1.82) is 0 Å². The number of fused-ring (bicyclic) bond motifs is 1. The second-order valence-corrected chi connectivity index (χ2v) is 9.93. The Balaban J connectivity index is 1.78. The summed E-state index contributed by atoms with van der Waals surface area (Å²) in [5, 5.41) is 2.87. The van der Waals surface area contributed by atoms with Crippen LogP contribution in [0.3, 0.4) is 0 Å². The Morgan fingerprint density at radius 1 is 1.06 bits per heavy atom. The van der Waals surface area contributed by atoms with Crippen molar-refractivity contribution in [3.05, 3.63) is 59.2 Å². The summed E-state index contributed by atoms with van der Waals surface area (Å²) in [6.07, 6.45) is 0. The van der Waals surface area contributed by atoms with E-state index in [0.717, 1.165) is 16.8 Å². The summed E-state index contributed by atoms with van der Waals surface area (Å²) in [5.74, 6) is -0.759. The van der Waals surface area contributed by atoms with E-state index in [0.29, 0.717) is 5.56 Å². The van der Waals surface area contributed by atoms with Gasteiger partial charge in [-0.3, -0.25) is 19.3 Å². The summed E-state index contributed by atoms with van der Waals surface area (Å²) in [4.78, 5) is 31.6. The Labute approximate surface area is 188 Å². The van der Waals surface area contributed by atoms with Gasteiger partial charge in [-0.1, -0.05) is 44.2 Å². The van der Waals surface area contributed by atoms with Crippen LogP contribution < -0.4 is 10.0 Å². The SMILES string of the molecule is Cc1cccc(C)c1NC(=O)CN(C)C(=O)[C@@H](N=C1NS(=O)(=O)c2ccccc21)C(C)C. The lowest BCUT2D eigenvalue weighted by Crippen LogP contribution is -2.43. The number of anilines is 1. The molecule has 1 heterocycles. The zero-order valence-corrected chi connectivity index (χ0v) is 19.7. The van der Waals surface area contributed by atoms with E-state index in [1.807, 2.05) is 45.9 Å². The molecule has 0 bridgehead atoms. The van der Waals surface area contributed by atoms with Crippen molar-refractivity contribution < 1.29 is 18.0 Å². The van der Waals surface area contributed by atoms with Crippen LogP contribution in [0.4, 0.5) is 5.69 Å². The molecule has 0 saturated heterocycles. The molecule has 9 heteroatoms. The summed E-state index contributed by atoms with van der Waals surface area (Å²) >= 11 is 0. The number of carbonyl (C=O) groups excluding carboxylic acids is 2. The minimum atomic E-state index is -3.70. The molecule has 170 valence electrons. The molecule has 1 aliphatic heterocycles. The molecular weight excluding hydrogens is 428 g/mol. The van der Waals surface area contributed by atoms with Crippen LogP contribution in [0.25, 0.3) is 0 Å². The average molecular weight is 457 g/mol. The van der Waals surface area contributed by atoms with Crippen LogP contribution in [-0.4, -0.2) is 50.6 Å². The first-order valence-corrected chi connectivity index (χ1v) is 11.8. The van der Waals surface area contributed by atoms with Crippen LogP contribution in [0.15, 0.2) is 52.4 Å². The van der Waals surface area contributed by atoms with E-state index in [4.69, 9.17) is 0 Å². The van der Waals surface area contributed by atoms with E-state index < -0.39 is 16.1 Å². The Morgan fingerprint density at radius 2 is 1.69 bits per heavy atom. The standard InChI is InChI=1S/C23H28N4O4S/c1-14(2)20(25-22-17-11-6-7-12-18(17)32(30,31)26-22)23(29)27(5)13-19(28)24-21-15(3)9-8-10-16(21)4/h6-12,14,20H,13H2,1-5H3,(H,24,28)(H,25,26)/t20-/m0/s1. The number of aliphatic imine (C=N–C) groups is 1. The first-order valence-electron chi connectivity index (χ1n) is 10.3. The van der Waals surface area contributed by atoms with Gasteiger partial charge in [0.15, 0.2) is 0 Å². The summed E-state index contributed by atoms with van der Waals surface area (Å²) in [6, 6.07) is 11.4. The van der Waals surface area contributed by atoms with Crippen molar-refractivity contribution in [1.82, 2.24) is 9.62 Å². The molecule has 3 rings (SSSR count). The summed E-state index contributed by atoms with van der Waals surface area (Å²) < 4.78 is 27.1. The fourth-order valence-corrected chi connectivity index (χ4v) is 4.81. The second kappa shape index (κ2) is 9.12.